The summed E-state index contributed by atoms with van der Waals surface area (Å²) < 4.78 is 0.277. The first-order valence-electron chi connectivity index (χ1n) is 2.90. The second kappa shape index (κ2) is 3.72. The fraction of sp³-hybridized carbons (Fsp3) is 0.571. The molecule has 0 aromatic rings. The molecule has 0 rings (SSSR count). The molecule has 0 aliphatic heterocycles. The molecule has 1 N–H and O–H groups in total. The van der Waals surface area contributed by atoms with Crippen molar-refractivity contribution in [3.05, 3.63) is 11.5 Å². The monoisotopic (exact) mass is 143 g/mol. The highest BCUT2D eigenvalue weighted by Crippen LogP contribution is 2.23. The minimum Gasteiger partial charge on any atom is -0.309 e. The summed E-state index contributed by atoms with van der Waals surface area (Å²) in [6, 6.07) is 0. The Kier molecular flexibility index (Phi) is 3.62. The van der Waals surface area contributed by atoms with Gasteiger partial charge in [-0.2, -0.15) is 0 Å². The van der Waals surface area contributed by atoms with Crippen LogP contribution < -0.4 is 0 Å². The van der Waals surface area contributed by atoms with Crippen molar-refractivity contribution in [2.75, 3.05) is 0 Å². The van der Waals surface area contributed by atoms with E-state index in [4.69, 9.17) is 5.41 Å². The van der Waals surface area contributed by atoms with E-state index in [1.807, 2.05) is 5.41 Å². The number of hydrogen-bond donors (Lipinski definition) is 1. The molecule has 0 aliphatic rings. The zero-order valence-corrected chi connectivity index (χ0v) is 6.96. The largest absolute Gasteiger partial charge is 0.309 e. The minimum atomic E-state index is 0.277. The summed E-state index contributed by atoms with van der Waals surface area (Å²) in [4.78, 5) is 0. The first-order valence-corrected chi connectivity index (χ1v) is 3.77. The Bertz CT molecular complexity index is 111. The van der Waals surface area contributed by atoms with E-state index >= 15 is 0 Å². The van der Waals surface area contributed by atoms with Crippen LogP contribution in [0, 0.1) is 5.41 Å². The zero-order valence-electron chi connectivity index (χ0n) is 6.14. The molecular weight excluding hydrogens is 130 g/mol. The Morgan fingerprint density at radius 1 is 1.33 bits per heavy atom. The third kappa shape index (κ3) is 7.76. The second-order valence-corrected chi connectivity index (χ2v) is 4.46. The molecule has 2 heteroatoms. The first-order chi connectivity index (χ1) is 4.06. The average Bonchev–Trinajstić information content (AvgIpc) is 1.63. The molecule has 0 heterocycles. The average molecular weight is 143 g/mol. The van der Waals surface area contributed by atoms with Crippen LogP contribution in [0.2, 0.25) is 0 Å². The van der Waals surface area contributed by atoms with Gasteiger partial charge >= 0.3 is 0 Å². The van der Waals surface area contributed by atoms with Crippen molar-refractivity contribution in [2.24, 2.45) is 0 Å². The predicted molar refractivity (Wildman–Crippen MR) is 45.3 cm³/mol. The maximum atomic E-state index is 6.69. The van der Waals surface area contributed by atoms with Crippen LogP contribution >= 0.6 is 11.8 Å². The molecule has 0 saturated heterocycles. The van der Waals surface area contributed by atoms with Gasteiger partial charge in [-0.25, -0.2) is 0 Å². The van der Waals surface area contributed by atoms with Gasteiger partial charge in [-0.15, -0.1) is 11.8 Å². The maximum absolute atomic E-state index is 6.69. The molecule has 0 bridgehead atoms. The summed E-state index contributed by atoms with van der Waals surface area (Å²) in [5.41, 5.74) is 0. The lowest BCUT2D eigenvalue weighted by molar-refractivity contribution is 0.808. The topological polar surface area (TPSA) is 23.9 Å². The molecule has 0 saturated carbocycles. The summed E-state index contributed by atoms with van der Waals surface area (Å²) in [5.74, 6) is 0. The van der Waals surface area contributed by atoms with Gasteiger partial charge in [0, 0.05) is 11.0 Å². The third-order valence-electron chi connectivity index (χ3n) is 0.596. The van der Waals surface area contributed by atoms with Gasteiger partial charge in [0.05, 0.1) is 0 Å². The Balaban J connectivity index is 3.50. The molecule has 1 nitrogen and oxygen atoms in total. The molecule has 0 aromatic heterocycles. The SMILES string of the molecule is CC(C)(C)S/C=C/C=N. The molecule has 0 fully saturated rings. The Morgan fingerprint density at radius 2 is 1.89 bits per heavy atom. The van der Waals surface area contributed by atoms with Gasteiger partial charge in [0.25, 0.3) is 0 Å². The standard InChI is InChI=1S/C7H13NS/c1-7(2,3)9-6-4-5-8/h4-6,8H,1-3H3/b6-4+,8-5?. The Labute approximate surface area is 61.0 Å². The van der Waals surface area contributed by atoms with Crippen LogP contribution in [0.15, 0.2) is 11.5 Å². The predicted octanol–water partition coefficient (Wildman–Crippen LogP) is 2.68. The fourth-order valence-corrected chi connectivity index (χ4v) is 0.848. The van der Waals surface area contributed by atoms with E-state index in [2.05, 4.69) is 20.8 Å². The molecule has 0 aromatic carbocycles. The number of hydrogen-bond acceptors (Lipinski definition) is 2. The van der Waals surface area contributed by atoms with Crippen molar-refractivity contribution < 1.29 is 0 Å². The van der Waals surface area contributed by atoms with Crippen LogP contribution in [-0.2, 0) is 0 Å². The van der Waals surface area contributed by atoms with Gasteiger partial charge < -0.3 is 5.41 Å². The normalized spacial score (nSPS) is 12.3. The highest BCUT2D eigenvalue weighted by Gasteiger charge is 2.06. The minimum absolute atomic E-state index is 0.277. The second-order valence-electron chi connectivity index (χ2n) is 2.73. The van der Waals surface area contributed by atoms with Crippen molar-refractivity contribution in [1.82, 2.24) is 0 Å². The summed E-state index contributed by atoms with van der Waals surface area (Å²) in [5, 5.41) is 8.62. The lowest BCUT2D eigenvalue weighted by Crippen LogP contribution is -2.04. The summed E-state index contributed by atoms with van der Waals surface area (Å²) >= 11 is 1.73. The van der Waals surface area contributed by atoms with Crippen molar-refractivity contribution in [3.63, 3.8) is 0 Å². The number of rotatable bonds is 2. The quantitative estimate of drug-likeness (QED) is 0.590. The maximum Gasteiger partial charge on any atom is 0.0182 e. The van der Waals surface area contributed by atoms with Crippen LogP contribution in [0.5, 0.6) is 0 Å². The molecule has 9 heavy (non-hydrogen) atoms. The van der Waals surface area contributed by atoms with Crippen molar-refractivity contribution in [2.45, 2.75) is 25.5 Å². The lowest BCUT2D eigenvalue weighted by Gasteiger charge is -2.13. The highest BCUT2D eigenvalue weighted by molar-refractivity contribution is 8.03. The van der Waals surface area contributed by atoms with Crippen LogP contribution in [0.3, 0.4) is 0 Å². The van der Waals surface area contributed by atoms with Crippen LogP contribution in [0.1, 0.15) is 20.8 Å². The zero-order chi connectivity index (χ0) is 7.33. The smallest absolute Gasteiger partial charge is 0.0182 e. The van der Waals surface area contributed by atoms with Gasteiger partial charge in [-0.05, 0) is 11.5 Å². The molecule has 0 spiro atoms. The highest BCUT2D eigenvalue weighted by atomic mass is 32.2. The summed E-state index contributed by atoms with van der Waals surface area (Å²) in [7, 11) is 0. The van der Waals surface area contributed by atoms with Crippen molar-refractivity contribution >= 4 is 18.0 Å². The molecule has 0 atom stereocenters. The van der Waals surface area contributed by atoms with Crippen molar-refractivity contribution in [3.8, 4) is 0 Å². The van der Waals surface area contributed by atoms with Crippen molar-refractivity contribution in [1.29, 1.82) is 5.41 Å². The third-order valence-corrected chi connectivity index (χ3v) is 1.60. The van der Waals surface area contributed by atoms with E-state index in [9.17, 15) is 0 Å². The summed E-state index contributed by atoms with van der Waals surface area (Å²) in [6.07, 6.45) is 3.02. The molecule has 0 aliphatic carbocycles. The van der Waals surface area contributed by atoms with Crippen LogP contribution in [-0.4, -0.2) is 11.0 Å². The van der Waals surface area contributed by atoms with E-state index in [1.165, 1.54) is 6.21 Å². The van der Waals surface area contributed by atoms with E-state index in [-0.39, 0.29) is 4.75 Å². The Morgan fingerprint density at radius 3 is 2.22 bits per heavy atom. The van der Waals surface area contributed by atoms with Gasteiger partial charge in [-0.1, -0.05) is 20.8 Å². The van der Waals surface area contributed by atoms with E-state index in [1.54, 1.807) is 17.8 Å². The first kappa shape index (κ1) is 8.76. The number of thioether (sulfide) groups is 1. The number of allylic oxidation sites excluding steroid dienone is 1. The lowest BCUT2D eigenvalue weighted by atomic mass is 10.3. The van der Waals surface area contributed by atoms with Gasteiger partial charge in [0.1, 0.15) is 0 Å². The molecule has 0 radical (unpaired) electrons. The van der Waals surface area contributed by atoms with Gasteiger partial charge in [-0.3, -0.25) is 0 Å². The van der Waals surface area contributed by atoms with Gasteiger partial charge in [0.15, 0.2) is 0 Å². The van der Waals surface area contributed by atoms with Crippen LogP contribution in [0.25, 0.3) is 0 Å². The van der Waals surface area contributed by atoms with E-state index < -0.39 is 0 Å². The van der Waals surface area contributed by atoms with Crippen LogP contribution in [0.4, 0.5) is 0 Å². The molecule has 52 valence electrons. The summed E-state index contributed by atoms with van der Waals surface area (Å²) in [6.45, 7) is 6.43. The van der Waals surface area contributed by atoms with E-state index in [0.29, 0.717) is 0 Å². The molecule has 0 unspecified atom stereocenters. The molecular formula is C7H13NS. The van der Waals surface area contributed by atoms with E-state index in [0.717, 1.165) is 0 Å². The fourth-order valence-electron chi connectivity index (χ4n) is 0.283. The number of nitrogens with one attached hydrogen (secondary N) is 1. The molecule has 0 amide bonds. The Hall–Kier alpha value is -0.240. The van der Waals surface area contributed by atoms with Gasteiger partial charge in [0.2, 0.25) is 0 Å².